The molecule has 5 heteroatoms. The van der Waals surface area contributed by atoms with E-state index in [2.05, 4.69) is 10.6 Å². The molecule has 4 N–H and O–H groups in total. The zero-order chi connectivity index (χ0) is 12.0. The fraction of sp³-hybridized carbons (Fsp3) is 0.455. The molecule has 0 aliphatic rings. The van der Waals surface area contributed by atoms with E-state index in [1.807, 2.05) is 0 Å². The molecule has 0 bridgehead atoms. The number of rotatable bonds is 6. The molecule has 0 saturated carbocycles. The van der Waals surface area contributed by atoms with Crippen LogP contribution in [0, 0.1) is 12.7 Å². The highest BCUT2D eigenvalue weighted by molar-refractivity contribution is 5.61. The van der Waals surface area contributed by atoms with Crippen LogP contribution >= 0.6 is 0 Å². The predicted octanol–water partition coefficient (Wildman–Crippen LogP) is 0.943. The Bertz CT molecular complexity index is 316. The highest BCUT2D eigenvalue weighted by Crippen LogP contribution is 2.23. The minimum absolute atomic E-state index is 0.0240. The SMILES string of the molecule is Cc1cc(F)c(NCCO)cc1NCCO. The molecule has 0 fully saturated rings. The minimum Gasteiger partial charge on any atom is -0.395 e. The third kappa shape index (κ3) is 3.36. The Hall–Kier alpha value is -1.33. The number of aliphatic hydroxyl groups excluding tert-OH is 2. The van der Waals surface area contributed by atoms with Crippen LogP contribution in [0.15, 0.2) is 12.1 Å². The van der Waals surface area contributed by atoms with Crippen LogP contribution in [0.1, 0.15) is 5.56 Å². The van der Waals surface area contributed by atoms with Gasteiger partial charge in [0.25, 0.3) is 0 Å². The van der Waals surface area contributed by atoms with Crippen LogP contribution in [0.3, 0.4) is 0 Å². The third-order valence-electron chi connectivity index (χ3n) is 2.17. The molecular formula is C11H17FN2O2. The molecule has 0 spiro atoms. The molecule has 0 aromatic heterocycles. The summed E-state index contributed by atoms with van der Waals surface area (Å²) in [7, 11) is 0. The van der Waals surface area contributed by atoms with E-state index in [1.165, 1.54) is 6.07 Å². The van der Waals surface area contributed by atoms with Crippen LogP contribution < -0.4 is 10.6 Å². The van der Waals surface area contributed by atoms with E-state index >= 15 is 0 Å². The lowest BCUT2D eigenvalue weighted by Crippen LogP contribution is -2.10. The Morgan fingerprint density at radius 1 is 1.06 bits per heavy atom. The van der Waals surface area contributed by atoms with Gasteiger partial charge in [-0.1, -0.05) is 0 Å². The molecule has 90 valence electrons. The first kappa shape index (κ1) is 12.7. The van der Waals surface area contributed by atoms with Gasteiger partial charge in [0.2, 0.25) is 0 Å². The molecule has 0 aliphatic carbocycles. The van der Waals surface area contributed by atoms with E-state index in [0.29, 0.717) is 18.8 Å². The lowest BCUT2D eigenvalue weighted by molar-refractivity contribution is 0.311. The topological polar surface area (TPSA) is 64.5 Å². The second-order valence-electron chi connectivity index (χ2n) is 3.45. The van der Waals surface area contributed by atoms with E-state index in [9.17, 15) is 4.39 Å². The normalized spacial score (nSPS) is 10.2. The van der Waals surface area contributed by atoms with Gasteiger partial charge in [-0.3, -0.25) is 0 Å². The Kier molecular flexibility index (Phi) is 5.01. The Labute approximate surface area is 94.1 Å². The number of anilines is 2. The fourth-order valence-corrected chi connectivity index (χ4v) is 1.38. The maximum atomic E-state index is 13.5. The Morgan fingerprint density at radius 3 is 2.19 bits per heavy atom. The summed E-state index contributed by atoms with van der Waals surface area (Å²) in [4.78, 5) is 0. The van der Waals surface area contributed by atoms with Crippen LogP contribution in [0.25, 0.3) is 0 Å². The molecule has 16 heavy (non-hydrogen) atoms. The quantitative estimate of drug-likeness (QED) is 0.585. The zero-order valence-electron chi connectivity index (χ0n) is 9.26. The van der Waals surface area contributed by atoms with Gasteiger partial charge in [0.15, 0.2) is 0 Å². The molecule has 0 radical (unpaired) electrons. The molecule has 4 nitrogen and oxygen atoms in total. The number of hydrogen-bond acceptors (Lipinski definition) is 4. The second-order valence-corrected chi connectivity index (χ2v) is 3.45. The van der Waals surface area contributed by atoms with Gasteiger partial charge in [-0.25, -0.2) is 4.39 Å². The van der Waals surface area contributed by atoms with Gasteiger partial charge in [0, 0.05) is 18.8 Å². The summed E-state index contributed by atoms with van der Waals surface area (Å²) in [6, 6.07) is 3.05. The molecule has 0 aliphatic heterocycles. The number of nitrogens with one attached hydrogen (secondary N) is 2. The van der Waals surface area contributed by atoms with Crippen molar-refractivity contribution in [3.63, 3.8) is 0 Å². The fourth-order valence-electron chi connectivity index (χ4n) is 1.38. The summed E-state index contributed by atoms with van der Waals surface area (Å²) in [5.41, 5.74) is 1.90. The van der Waals surface area contributed by atoms with Gasteiger partial charge in [-0.15, -0.1) is 0 Å². The maximum absolute atomic E-state index is 13.5. The molecule has 0 heterocycles. The summed E-state index contributed by atoms with van der Waals surface area (Å²) in [5.74, 6) is -0.347. The number of halogens is 1. The molecule has 0 saturated heterocycles. The third-order valence-corrected chi connectivity index (χ3v) is 2.17. The van der Waals surface area contributed by atoms with Crippen molar-refractivity contribution in [1.29, 1.82) is 0 Å². The number of aliphatic hydroxyl groups is 2. The molecule has 1 rings (SSSR count). The summed E-state index contributed by atoms with van der Waals surface area (Å²) in [6.45, 7) is 2.49. The lowest BCUT2D eigenvalue weighted by atomic mass is 10.1. The predicted molar refractivity (Wildman–Crippen MR) is 62.3 cm³/mol. The van der Waals surface area contributed by atoms with Crippen LogP contribution in [-0.2, 0) is 0 Å². The van der Waals surface area contributed by atoms with Crippen molar-refractivity contribution in [3.05, 3.63) is 23.5 Å². The summed E-state index contributed by atoms with van der Waals surface area (Å²) >= 11 is 0. The number of hydrogen-bond donors (Lipinski definition) is 4. The van der Waals surface area contributed by atoms with Gasteiger partial charge in [-0.2, -0.15) is 0 Å². The average Bonchev–Trinajstić information content (AvgIpc) is 2.26. The van der Waals surface area contributed by atoms with E-state index in [0.717, 1.165) is 11.3 Å². The van der Waals surface area contributed by atoms with Crippen molar-refractivity contribution in [3.8, 4) is 0 Å². The van der Waals surface area contributed by atoms with E-state index < -0.39 is 0 Å². The lowest BCUT2D eigenvalue weighted by Gasteiger charge is -2.12. The largest absolute Gasteiger partial charge is 0.395 e. The van der Waals surface area contributed by atoms with Crippen molar-refractivity contribution >= 4 is 11.4 Å². The van der Waals surface area contributed by atoms with E-state index in [4.69, 9.17) is 10.2 Å². The molecule has 0 atom stereocenters. The number of benzene rings is 1. The van der Waals surface area contributed by atoms with Crippen LogP contribution in [-0.4, -0.2) is 36.5 Å². The first-order chi connectivity index (χ1) is 7.69. The average molecular weight is 228 g/mol. The summed E-state index contributed by atoms with van der Waals surface area (Å²) in [6.07, 6.45) is 0. The van der Waals surface area contributed by atoms with Crippen molar-refractivity contribution in [2.45, 2.75) is 6.92 Å². The number of aryl methyl sites for hydroxylation is 1. The summed E-state index contributed by atoms with van der Waals surface area (Å²) < 4.78 is 13.5. The molecule has 1 aromatic rings. The van der Waals surface area contributed by atoms with Gasteiger partial charge in [0.05, 0.1) is 18.9 Å². The Balaban J connectivity index is 2.83. The van der Waals surface area contributed by atoms with E-state index in [-0.39, 0.29) is 19.0 Å². The van der Waals surface area contributed by atoms with Crippen LogP contribution in [0.2, 0.25) is 0 Å². The van der Waals surface area contributed by atoms with Crippen LogP contribution in [0.5, 0.6) is 0 Å². The molecule has 1 aromatic carbocycles. The standard InChI is InChI=1S/C11H17FN2O2/c1-8-6-9(12)11(14-3-5-16)7-10(8)13-2-4-15/h6-7,13-16H,2-5H2,1H3. The highest BCUT2D eigenvalue weighted by atomic mass is 19.1. The smallest absolute Gasteiger partial charge is 0.146 e. The monoisotopic (exact) mass is 228 g/mol. The Morgan fingerprint density at radius 2 is 1.62 bits per heavy atom. The molecule has 0 amide bonds. The second kappa shape index (κ2) is 6.30. The van der Waals surface area contributed by atoms with Crippen molar-refractivity contribution in [2.24, 2.45) is 0 Å². The summed E-state index contributed by atoms with van der Waals surface area (Å²) in [5, 5.41) is 23.1. The van der Waals surface area contributed by atoms with Crippen LogP contribution in [0.4, 0.5) is 15.8 Å². The van der Waals surface area contributed by atoms with Crippen molar-refractivity contribution in [2.75, 3.05) is 36.9 Å². The van der Waals surface area contributed by atoms with Gasteiger partial charge in [0.1, 0.15) is 5.82 Å². The first-order valence-corrected chi connectivity index (χ1v) is 5.18. The molecular weight excluding hydrogens is 211 g/mol. The molecule has 0 unspecified atom stereocenters. The van der Waals surface area contributed by atoms with Gasteiger partial charge in [-0.05, 0) is 24.6 Å². The van der Waals surface area contributed by atoms with Crippen molar-refractivity contribution < 1.29 is 14.6 Å². The maximum Gasteiger partial charge on any atom is 0.146 e. The van der Waals surface area contributed by atoms with Gasteiger partial charge >= 0.3 is 0 Å². The minimum atomic E-state index is -0.347. The zero-order valence-corrected chi connectivity index (χ0v) is 9.26. The first-order valence-electron chi connectivity index (χ1n) is 5.18. The van der Waals surface area contributed by atoms with E-state index in [1.54, 1.807) is 13.0 Å². The van der Waals surface area contributed by atoms with Gasteiger partial charge < -0.3 is 20.8 Å². The van der Waals surface area contributed by atoms with Crippen molar-refractivity contribution in [1.82, 2.24) is 0 Å². The highest BCUT2D eigenvalue weighted by Gasteiger charge is 2.06.